The van der Waals surface area contributed by atoms with Crippen molar-refractivity contribution in [1.29, 1.82) is 0 Å². The fraction of sp³-hybridized carbons (Fsp3) is 0.571. The van der Waals surface area contributed by atoms with E-state index in [0.29, 0.717) is 6.42 Å². The number of carbonyl (C=O) groups is 3. The summed E-state index contributed by atoms with van der Waals surface area (Å²) in [5.74, 6) is -0.463. The SMILES string of the molecule is CNC(C(=O)NC(Cc1ccc(O)c(C(C)(C)C)c1)C1NC(=O)NC1=O)C(C)C. The molecule has 4 amide bonds. The van der Waals surface area contributed by atoms with Gasteiger partial charge in [-0.3, -0.25) is 14.9 Å². The first-order valence-corrected chi connectivity index (χ1v) is 9.85. The largest absolute Gasteiger partial charge is 0.508 e. The lowest BCUT2D eigenvalue weighted by Gasteiger charge is -2.28. The minimum atomic E-state index is -0.872. The quantitative estimate of drug-likeness (QED) is 0.437. The molecule has 1 aromatic rings. The second kappa shape index (κ2) is 8.82. The van der Waals surface area contributed by atoms with Gasteiger partial charge >= 0.3 is 6.03 Å². The molecule has 1 aliphatic rings. The van der Waals surface area contributed by atoms with Gasteiger partial charge in [-0.15, -0.1) is 0 Å². The van der Waals surface area contributed by atoms with Crippen LogP contribution in [0, 0.1) is 5.92 Å². The molecule has 3 atom stereocenters. The Hall–Kier alpha value is -2.61. The number of hydrogen-bond donors (Lipinski definition) is 5. The number of aromatic hydroxyl groups is 1. The van der Waals surface area contributed by atoms with Crippen molar-refractivity contribution < 1.29 is 19.5 Å². The molecule has 0 saturated carbocycles. The normalized spacial score (nSPS) is 18.9. The Morgan fingerprint density at radius 2 is 1.90 bits per heavy atom. The van der Waals surface area contributed by atoms with E-state index in [4.69, 9.17) is 0 Å². The molecule has 1 aromatic carbocycles. The van der Waals surface area contributed by atoms with Crippen molar-refractivity contribution in [2.75, 3.05) is 7.05 Å². The summed E-state index contributed by atoms with van der Waals surface area (Å²) in [4.78, 5) is 36.7. The van der Waals surface area contributed by atoms with Gasteiger partial charge in [0.2, 0.25) is 5.91 Å². The maximum absolute atomic E-state index is 12.8. The van der Waals surface area contributed by atoms with E-state index < -0.39 is 30.1 Å². The lowest BCUT2D eigenvalue weighted by Crippen LogP contribution is -2.56. The molecule has 29 heavy (non-hydrogen) atoms. The Labute approximate surface area is 171 Å². The summed E-state index contributed by atoms with van der Waals surface area (Å²) in [6, 6.07) is 2.74. The Bertz CT molecular complexity index is 785. The molecule has 8 heteroatoms. The number of likely N-dealkylation sites (N-methyl/N-ethyl adjacent to an activating group) is 1. The number of urea groups is 1. The Morgan fingerprint density at radius 1 is 1.24 bits per heavy atom. The van der Waals surface area contributed by atoms with E-state index in [0.717, 1.165) is 11.1 Å². The van der Waals surface area contributed by atoms with Crippen molar-refractivity contribution in [3.63, 3.8) is 0 Å². The molecule has 160 valence electrons. The van der Waals surface area contributed by atoms with Gasteiger partial charge in [0.25, 0.3) is 5.91 Å². The van der Waals surface area contributed by atoms with Crippen molar-refractivity contribution >= 4 is 17.8 Å². The highest BCUT2D eigenvalue weighted by molar-refractivity contribution is 6.04. The smallest absolute Gasteiger partial charge is 0.322 e. The van der Waals surface area contributed by atoms with Crippen LogP contribution in [0.1, 0.15) is 45.7 Å². The zero-order valence-corrected chi connectivity index (χ0v) is 17.9. The van der Waals surface area contributed by atoms with Crippen LogP contribution >= 0.6 is 0 Å². The van der Waals surface area contributed by atoms with Gasteiger partial charge in [-0.1, -0.05) is 46.8 Å². The summed E-state index contributed by atoms with van der Waals surface area (Å²) < 4.78 is 0. The average Bonchev–Trinajstić information content (AvgIpc) is 2.93. The van der Waals surface area contributed by atoms with Crippen molar-refractivity contribution in [3.05, 3.63) is 29.3 Å². The van der Waals surface area contributed by atoms with Gasteiger partial charge in [-0.05, 0) is 42.0 Å². The number of nitrogens with one attached hydrogen (secondary N) is 4. The lowest BCUT2D eigenvalue weighted by molar-refractivity contribution is -0.125. The monoisotopic (exact) mass is 404 g/mol. The molecule has 1 fully saturated rings. The summed E-state index contributed by atoms with van der Waals surface area (Å²) in [7, 11) is 1.71. The molecule has 0 spiro atoms. The van der Waals surface area contributed by atoms with E-state index in [1.807, 2.05) is 40.7 Å². The fourth-order valence-electron chi connectivity index (χ4n) is 3.57. The molecular formula is C21H32N4O4. The Morgan fingerprint density at radius 3 is 2.38 bits per heavy atom. The number of phenolic OH excluding ortho intramolecular Hbond substituents is 1. The highest BCUT2D eigenvalue weighted by Crippen LogP contribution is 2.31. The number of imide groups is 1. The van der Waals surface area contributed by atoms with Crippen molar-refractivity contribution in [3.8, 4) is 5.75 Å². The molecule has 1 saturated heterocycles. The zero-order chi connectivity index (χ0) is 21.9. The number of phenols is 1. The fourth-order valence-corrected chi connectivity index (χ4v) is 3.57. The van der Waals surface area contributed by atoms with Crippen LogP contribution in [0.15, 0.2) is 18.2 Å². The first-order chi connectivity index (χ1) is 13.4. The van der Waals surface area contributed by atoms with Crippen LogP contribution in [-0.4, -0.2) is 48.1 Å². The molecular weight excluding hydrogens is 372 g/mol. The molecule has 1 heterocycles. The summed E-state index contributed by atoms with van der Waals surface area (Å²) in [6.07, 6.45) is 0.321. The third kappa shape index (κ3) is 5.47. The number of carbonyl (C=O) groups excluding carboxylic acids is 3. The van der Waals surface area contributed by atoms with E-state index >= 15 is 0 Å². The predicted octanol–water partition coefficient (Wildman–Crippen LogP) is 1.17. The van der Waals surface area contributed by atoms with Crippen LogP contribution in [0.2, 0.25) is 0 Å². The number of amides is 4. The van der Waals surface area contributed by atoms with E-state index in [1.165, 1.54) is 0 Å². The van der Waals surface area contributed by atoms with Gasteiger partial charge < -0.3 is 21.1 Å². The molecule has 0 aliphatic carbocycles. The van der Waals surface area contributed by atoms with Gasteiger partial charge in [0, 0.05) is 0 Å². The summed E-state index contributed by atoms with van der Waals surface area (Å²) in [5, 5.41) is 20.9. The highest BCUT2D eigenvalue weighted by Gasteiger charge is 2.38. The molecule has 8 nitrogen and oxygen atoms in total. The van der Waals surface area contributed by atoms with Crippen LogP contribution in [0.5, 0.6) is 5.75 Å². The third-order valence-corrected chi connectivity index (χ3v) is 5.12. The van der Waals surface area contributed by atoms with Crippen LogP contribution < -0.4 is 21.3 Å². The maximum atomic E-state index is 12.8. The molecule has 0 radical (unpaired) electrons. The minimum Gasteiger partial charge on any atom is -0.508 e. The minimum absolute atomic E-state index is 0.0498. The molecule has 1 aliphatic heterocycles. The first-order valence-electron chi connectivity index (χ1n) is 9.85. The number of rotatable bonds is 7. The van der Waals surface area contributed by atoms with Gasteiger partial charge in [0.1, 0.15) is 11.8 Å². The van der Waals surface area contributed by atoms with Crippen LogP contribution in [0.25, 0.3) is 0 Å². The predicted molar refractivity (Wildman–Crippen MR) is 111 cm³/mol. The Balaban J connectivity index is 2.32. The number of benzene rings is 1. The van der Waals surface area contributed by atoms with Crippen LogP contribution in [-0.2, 0) is 21.4 Å². The van der Waals surface area contributed by atoms with Gasteiger partial charge in [-0.25, -0.2) is 4.79 Å². The standard InChI is InChI=1S/C21H32N4O4/c1-11(2)16(22-6)18(27)23-14(17-19(28)25-20(29)24-17)10-12-7-8-15(26)13(9-12)21(3,4)5/h7-9,11,14,16-17,22,26H,10H2,1-6H3,(H,23,27)(H2,24,25,28,29). The second-order valence-electron chi connectivity index (χ2n) is 8.87. The summed E-state index contributed by atoms with van der Waals surface area (Å²) in [6.45, 7) is 9.84. The third-order valence-electron chi connectivity index (χ3n) is 5.12. The molecule has 3 unspecified atom stereocenters. The van der Waals surface area contributed by atoms with Crippen molar-refractivity contribution in [2.24, 2.45) is 5.92 Å². The van der Waals surface area contributed by atoms with Gasteiger partial charge in [0.05, 0.1) is 12.1 Å². The molecule has 5 N–H and O–H groups in total. The molecule has 0 aromatic heterocycles. The average molecular weight is 405 g/mol. The topological polar surface area (TPSA) is 120 Å². The van der Waals surface area contributed by atoms with E-state index in [1.54, 1.807) is 19.2 Å². The van der Waals surface area contributed by atoms with Crippen molar-refractivity contribution in [2.45, 2.75) is 64.6 Å². The maximum Gasteiger partial charge on any atom is 0.322 e. The van der Waals surface area contributed by atoms with E-state index in [2.05, 4.69) is 21.3 Å². The van der Waals surface area contributed by atoms with E-state index in [9.17, 15) is 19.5 Å². The van der Waals surface area contributed by atoms with Gasteiger partial charge in [-0.2, -0.15) is 0 Å². The highest BCUT2D eigenvalue weighted by atomic mass is 16.3. The van der Waals surface area contributed by atoms with E-state index in [-0.39, 0.29) is 23.0 Å². The first kappa shape index (κ1) is 22.7. The molecule has 2 rings (SSSR count). The zero-order valence-electron chi connectivity index (χ0n) is 17.9. The lowest BCUT2D eigenvalue weighted by atomic mass is 9.84. The van der Waals surface area contributed by atoms with Crippen LogP contribution in [0.4, 0.5) is 4.79 Å². The summed E-state index contributed by atoms with van der Waals surface area (Å²) in [5.41, 5.74) is 1.35. The summed E-state index contributed by atoms with van der Waals surface area (Å²) >= 11 is 0. The van der Waals surface area contributed by atoms with Gasteiger partial charge in [0.15, 0.2) is 0 Å². The Kier molecular flexibility index (Phi) is 6.89. The molecule has 0 bridgehead atoms. The second-order valence-corrected chi connectivity index (χ2v) is 8.87. The van der Waals surface area contributed by atoms with Crippen molar-refractivity contribution in [1.82, 2.24) is 21.3 Å². The number of hydrogen-bond acceptors (Lipinski definition) is 5. The van der Waals surface area contributed by atoms with Crippen LogP contribution in [0.3, 0.4) is 0 Å².